The highest BCUT2D eigenvalue weighted by molar-refractivity contribution is 9.10. The molecule has 2 aromatic carbocycles. The van der Waals surface area contributed by atoms with Crippen LogP contribution in [-0.4, -0.2) is 5.91 Å². The van der Waals surface area contributed by atoms with Crippen LogP contribution < -0.4 is 5.32 Å². The fourth-order valence-electron chi connectivity index (χ4n) is 2.18. The number of halogens is 3. The molecular formula is C16H10BrCl2NO2. The normalized spacial score (nSPS) is 10.9. The SMILES string of the molecule is Cc1c(C(=O)Nc2ccc(Br)cc2Cl)oc2ccc(Cl)cc12. The summed E-state index contributed by atoms with van der Waals surface area (Å²) in [6.07, 6.45) is 0. The van der Waals surface area contributed by atoms with Gasteiger partial charge in [0.05, 0.1) is 10.7 Å². The average molecular weight is 399 g/mol. The van der Waals surface area contributed by atoms with Crippen molar-refractivity contribution in [1.29, 1.82) is 0 Å². The van der Waals surface area contributed by atoms with Crippen molar-refractivity contribution in [3.05, 3.63) is 62.2 Å². The van der Waals surface area contributed by atoms with Gasteiger partial charge in [-0.3, -0.25) is 4.79 Å². The third-order valence-corrected chi connectivity index (χ3v) is 4.32. The van der Waals surface area contributed by atoms with Crippen LogP contribution in [0.3, 0.4) is 0 Å². The van der Waals surface area contributed by atoms with E-state index in [0.29, 0.717) is 21.3 Å². The third-order valence-electron chi connectivity index (χ3n) is 3.28. The Morgan fingerprint density at radius 2 is 1.95 bits per heavy atom. The minimum absolute atomic E-state index is 0.247. The van der Waals surface area contributed by atoms with Gasteiger partial charge in [-0.1, -0.05) is 39.1 Å². The zero-order valence-electron chi connectivity index (χ0n) is 11.4. The molecule has 0 saturated heterocycles. The molecule has 0 aliphatic carbocycles. The summed E-state index contributed by atoms with van der Waals surface area (Å²) in [5.74, 6) is -0.106. The molecule has 1 heterocycles. The molecule has 0 radical (unpaired) electrons. The summed E-state index contributed by atoms with van der Waals surface area (Å²) in [5.41, 5.74) is 1.88. The van der Waals surface area contributed by atoms with Crippen molar-refractivity contribution < 1.29 is 9.21 Å². The number of hydrogen-bond acceptors (Lipinski definition) is 2. The Labute approximate surface area is 145 Å². The second kappa shape index (κ2) is 5.95. The van der Waals surface area contributed by atoms with E-state index in [4.69, 9.17) is 27.6 Å². The van der Waals surface area contributed by atoms with Crippen LogP contribution in [0.4, 0.5) is 5.69 Å². The summed E-state index contributed by atoms with van der Waals surface area (Å²) < 4.78 is 6.47. The number of aryl methyl sites for hydroxylation is 1. The highest BCUT2D eigenvalue weighted by Gasteiger charge is 2.18. The Balaban J connectivity index is 1.97. The van der Waals surface area contributed by atoms with Crippen LogP contribution >= 0.6 is 39.1 Å². The molecule has 3 rings (SSSR count). The Morgan fingerprint density at radius 1 is 1.18 bits per heavy atom. The number of carbonyl (C=O) groups is 1. The lowest BCUT2D eigenvalue weighted by atomic mass is 10.1. The lowest BCUT2D eigenvalue weighted by molar-refractivity contribution is 0.0998. The number of nitrogens with one attached hydrogen (secondary N) is 1. The van der Waals surface area contributed by atoms with Crippen LogP contribution in [-0.2, 0) is 0 Å². The summed E-state index contributed by atoms with van der Waals surface area (Å²) in [6.45, 7) is 1.82. The minimum atomic E-state index is -0.353. The van der Waals surface area contributed by atoms with E-state index in [1.54, 1.807) is 36.4 Å². The van der Waals surface area contributed by atoms with E-state index in [1.165, 1.54) is 0 Å². The van der Waals surface area contributed by atoms with Gasteiger partial charge in [0.15, 0.2) is 5.76 Å². The van der Waals surface area contributed by atoms with Crippen LogP contribution in [0, 0.1) is 6.92 Å². The second-order valence-electron chi connectivity index (χ2n) is 4.77. The molecule has 1 N–H and O–H groups in total. The number of anilines is 1. The zero-order valence-corrected chi connectivity index (χ0v) is 14.5. The number of furan rings is 1. The molecule has 0 saturated carbocycles. The molecule has 6 heteroatoms. The van der Waals surface area contributed by atoms with E-state index in [2.05, 4.69) is 21.2 Å². The maximum Gasteiger partial charge on any atom is 0.291 e. The first-order valence-corrected chi connectivity index (χ1v) is 7.95. The molecule has 1 amide bonds. The highest BCUT2D eigenvalue weighted by atomic mass is 79.9. The first-order valence-electron chi connectivity index (χ1n) is 6.41. The largest absolute Gasteiger partial charge is 0.451 e. The van der Waals surface area contributed by atoms with E-state index in [-0.39, 0.29) is 11.7 Å². The molecule has 3 nitrogen and oxygen atoms in total. The van der Waals surface area contributed by atoms with E-state index < -0.39 is 0 Å². The van der Waals surface area contributed by atoms with Gasteiger partial charge in [0.1, 0.15) is 5.58 Å². The molecule has 0 bridgehead atoms. The van der Waals surface area contributed by atoms with E-state index in [0.717, 1.165) is 15.4 Å². The molecule has 0 atom stereocenters. The topological polar surface area (TPSA) is 42.2 Å². The average Bonchev–Trinajstić information content (AvgIpc) is 2.79. The number of amides is 1. The molecule has 22 heavy (non-hydrogen) atoms. The molecule has 3 aromatic rings. The van der Waals surface area contributed by atoms with Crippen molar-refractivity contribution in [1.82, 2.24) is 0 Å². The Hall–Kier alpha value is -1.49. The molecule has 1 aromatic heterocycles. The Bertz CT molecular complexity index is 889. The lowest BCUT2D eigenvalue weighted by Gasteiger charge is -2.06. The molecule has 0 spiro atoms. The summed E-state index contributed by atoms with van der Waals surface area (Å²) in [4.78, 5) is 12.4. The maximum absolute atomic E-state index is 12.4. The van der Waals surface area contributed by atoms with Crippen molar-refractivity contribution in [2.24, 2.45) is 0 Å². The summed E-state index contributed by atoms with van der Waals surface area (Å²) in [7, 11) is 0. The number of carbonyl (C=O) groups excluding carboxylic acids is 1. The van der Waals surface area contributed by atoms with Gasteiger partial charge in [-0.25, -0.2) is 0 Å². The van der Waals surface area contributed by atoms with Crippen molar-refractivity contribution in [2.75, 3.05) is 5.32 Å². The van der Waals surface area contributed by atoms with Gasteiger partial charge in [-0.15, -0.1) is 0 Å². The van der Waals surface area contributed by atoms with Gasteiger partial charge >= 0.3 is 0 Å². The van der Waals surface area contributed by atoms with E-state index in [9.17, 15) is 4.79 Å². The molecular weight excluding hydrogens is 389 g/mol. The lowest BCUT2D eigenvalue weighted by Crippen LogP contribution is -2.12. The number of hydrogen-bond donors (Lipinski definition) is 1. The predicted octanol–water partition coefficient (Wildman–Crippen LogP) is 6.06. The molecule has 112 valence electrons. The maximum atomic E-state index is 12.4. The fraction of sp³-hybridized carbons (Fsp3) is 0.0625. The van der Waals surface area contributed by atoms with Crippen LogP contribution in [0.1, 0.15) is 16.1 Å². The van der Waals surface area contributed by atoms with Gasteiger partial charge in [0, 0.05) is 20.4 Å². The van der Waals surface area contributed by atoms with Crippen molar-refractivity contribution in [2.45, 2.75) is 6.92 Å². The number of fused-ring (bicyclic) bond motifs is 1. The van der Waals surface area contributed by atoms with Gasteiger partial charge in [0.2, 0.25) is 0 Å². The van der Waals surface area contributed by atoms with Crippen molar-refractivity contribution >= 4 is 61.7 Å². The number of benzene rings is 2. The van der Waals surface area contributed by atoms with E-state index in [1.807, 2.05) is 6.92 Å². The van der Waals surface area contributed by atoms with E-state index >= 15 is 0 Å². The predicted molar refractivity (Wildman–Crippen MR) is 93.1 cm³/mol. The molecule has 0 unspecified atom stereocenters. The van der Waals surface area contributed by atoms with Gasteiger partial charge < -0.3 is 9.73 Å². The van der Waals surface area contributed by atoms with Crippen LogP contribution in [0.25, 0.3) is 11.0 Å². The van der Waals surface area contributed by atoms with Crippen molar-refractivity contribution in [3.8, 4) is 0 Å². The Morgan fingerprint density at radius 3 is 2.68 bits per heavy atom. The molecule has 0 fully saturated rings. The first-order chi connectivity index (χ1) is 10.5. The second-order valence-corrected chi connectivity index (χ2v) is 6.53. The zero-order chi connectivity index (χ0) is 15.9. The van der Waals surface area contributed by atoms with Crippen LogP contribution in [0.5, 0.6) is 0 Å². The summed E-state index contributed by atoms with van der Waals surface area (Å²) in [5, 5.41) is 4.61. The van der Waals surface area contributed by atoms with Gasteiger partial charge in [0.25, 0.3) is 5.91 Å². The highest BCUT2D eigenvalue weighted by Crippen LogP contribution is 2.30. The standard InChI is InChI=1S/C16H10BrCl2NO2/c1-8-11-7-10(18)3-5-14(11)22-15(8)16(21)20-13-4-2-9(17)6-12(13)19/h2-7H,1H3,(H,20,21). The smallest absolute Gasteiger partial charge is 0.291 e. The third kappa shape index (κ3) is 2.86. The molecule has 0 aliphatic rings. The quantitative estimate of drug-likeness (QED) is 0.569. The summed E-state index contributed by atoms with van der Waals surface area (Å²) in [6, 6.07) is 10.5. The fourth-order valence-corrected chi connectivity index (χ4v) is 3.07. The van der Waals surface area contributed by atoms with Gasteiger partial charge in [-0.05, 0) is 43.3 Å². The van der Waals surface area contributed by atoms with Crippen LogP contribution in [0.15, 0.2) is 45.3 Å². The minimum Gasteiger partial charge on any atom is -0.451 e. The molecule has 0 aliphatic heterocycles. The van der Waals surface area contributed by atoms with Crippen LogP contribution in [0.2, 0.25) is 10.0 Å². The van der Waals surface area contributed by atoms with Gasteiger partial charge in [-0.2, -0.15) is 0 Å². The Kier molecular flexibility index (Phi) is 4.17. The number of rotatable bonds is 2. The first kappa shape index (κ1) is 15.4. The summed E-state index contributed by atoms with van der Waals surface area (Å²) >= 11 is 15.4. The monoisotopic (exact) mass is 397 g/mol. The van der Waals surface area contributed by atoms with Crippen molar-refractivity contribution in [3.63, 3.8) is 0 Å².